The number of likely N-dealkylation sites (tertiary alicyclic amines) is 1. The van der Waals surface area contributed by atoms with Gasteiger partial charge >= 0.3 is 0 Å². The summed E-state index contributed by atoms with van der Waals surface area (Å²) in [5.74, 6) is -0.348. The zero-order valence-electron chi connectivity index (χ0n) is 17.0. The molecule has 2 aromatic heterocycles. The molecule has 0 aliphatic carbocycles. The summed E-state index contributed by atoms with van der Waals surface area (Å²) in [4.78, 5) is 30.8. The van der Waals surface area contributed by atoms with Crippen molar-refractivity contribution in [2.75, 3.05) is 11.9 Å². The van der Waals surface area contributed by atoms with E-state index in [1.807, 2.05) is 66.4 Å². The molecule has 8 heteroatoms. The van der Waals surface area contributed by atoms with Gasteiger partial charge in [-0.2, -0.15) is 0 Å². The average molecular weight is 432 g/mol. The fourth-order valence-corrected chi connectivity index (χ4v) is 4.78. The number of nitrogens with zero attached hydrogens (tertiary/aromatic N) is 3. The Hall–Kier alpha value is -3.52. The van der Waals surface area contributed by atoms with E-state index >= 15 is 0 Å². The Balaban J connectivity index is 1.33. The summed E-state index contributed by atoms with van der Waals surface area (Å²) in [5.41, 5.74) is 3.34. The van der Waals surface area contributed by atoms with Gasteiger partial charge in [-0.25, -0.2) is 0 Å². The maximum Gasteiger partial charge on any atom is 0.286 e. The van der Waals surface area contributed by atoms with Crippen LogP contribution in [0.3, 0.4) is 0 Å². The van der Waals surface area contributed by atoms with E-state index in [0.29, 0.717) is 27.9 Å². The Morgan fingerprint density at radius 1 is 1.13 bits per heavy atom. The molecule has 1 atom stereocenters. The molecule has 1 aliphatic heterocycles. The van der Waals surface area contributed by atoms with Crippen LogP contribution in [0.4, 0.5) is 5.69 Å². The smallest absolute Gasteiger partial charge is 0.286 e. The highest BCUT2D eigenvalue weighted by Gasteiger charge is 2.34. The SMILES string of the molecule is Cc1ccc(NC(=O)c2nnc([C@H]3CCCN3C(=O)c3cc4ccccc4[nH]3)s2)cc1. The molecule has 7 nitrogen and oxygen atoms in total. The molecule has 3 heterocycles. The molecule has 2 N–H and O–H groups in total. The molecule has 2 amide bonds. The fourth-order valence-electron chi connectivity index (χ4n) is 3.89. The lowest BCUT2D eigenvalue weighted by Gasteiger charge is -2.22. The van der Waals surface area contributed by atoms with Crippen molar-refractivity contribution in [2.24, 2.45) is 0 Å². The average Bonchev–Trinajstić information content (AvgIpc) is 3.52. The number of benzene rings is 2. The summed E-state index contributed by atoms with van der Waals surface area (Å²) in [6.07, 6.45) is 1.70. The van der Waals surface area contributed by atoms with Crippen LogP contribution in [0.1, 0.15) is 49.7 Å². The quantitative estimate of drug-likeness (QED) is 0.496. The van der Waals surface area contributed by atoms with Gasteiger partial charge in [0.1, 0.15) is 10.7 Å². The molecule has 156 valence electrons. The number of H-pyrrole nitrogens is 1. The van der Waals surface area contributed by atoms with Crippen molar-refractivity contribution in [3.8, 4) is 0 Å². The highest BCUT2D eigenvalue weighted by atomic mass is 32.1. The van der Waals surface area contributed by atoms with Gasteiger partial charge in [0.15, 0.2) is 0 Å². The fraction of sp³-hybridized carbons (Fsp3) is 0.217. The first-order chi connectivity index (χ1) is 15.1. The number of fused-ring (bicyclic) bond motifs is 1. The van der Waals surface area contributed by atoms with E-state index in [1.54, 1.807) is 0 Å². The maximum atomic E-state index is 13.2. The highest BCUT2D eigenvalue weighted by Crippen LogP contribution is 2.35. The lowest BCUT2D eigenvalue weighted by Crippen LogP contribution is -2.30. The van der Waals surface area contributed by atoms with E-state index in [-0.39, 0.29) is 17.9 Å². The minimum absolute atomic E-state index is 0.0560. The number of carbonyl (C=O) groups is 2. The molecule has 0 spiro atoms. The second-order valence-electron chi connectivity index (χ2n) is 7.69. The van der Waals surface area contributed by atoms with Crippen LogP contribution in [0.5, 0.6) is 0 Å². The first kappa shape index (κ1) is 19.4. The summed E-state index contributed by atoms with van der Waals surface area (Å²) in [5, 5.41) is 13.2. The molecule has 0 bridgehead atoms. The first-order valence-corrected chi connectivity index (χ1v) is 11.0. The van der Waals surface area contributed by atoms with E-state index in [2.05, 4.69) is 20.5 Å². The van der Waals surface area contributed by atoms with Gasteiger partial charge < -0.3 is 15.2 Å². The van der Waals surface area contributed by atoms with Crippen LogP contribution in [0.25, 0.3) is 10.9 Å². The highest BCUT2D eigenvalue weighted by molar-refractivity contribution is 7.13. The van der Waals surface area contributed by atoms with E-state index < -0.39 is 0 Å². The van der Waals surface area contributed by atoms with Gasteiger partial charge in [0.2, 0.25) is 5.01 Å². The van der Waals surface area contributed by atoms with Crippen molar-refractivity contribution in [3.63, 3.8) is 0 Å². The maximum absolute atomic E-state index is 13.2. The van der Waals surface area contributed by atoms with Crippen LogP contribution in [0.2, 0.25) is 0 Å². The zero-order valence-corrected chi connectivity index (χ0v) is 17.8. The number of para-hydroxylation sites is 1. The number of rotatable bonds is 4. The number of aromatic nitrogens is 3. The standard InChI is InChI=1S/C23H21N5O2S/c1-14-8-10-16(11-9-14)24-20(29)22-27-26-21(31-22)19-7-4-12-28(19)23(30)18-13-15-5-2-3-6-17(15)25-18/h2-3,5-6,8-11,13,19,25H,4,7,12H2,1H3,(H,24,29)/t19-/m1/s1. The van der Waals surface area contributed by atoms with Crippen LogP contribution in [-0.4, -0.2) is 38.4 Å². The third-order valence-electron chi connectivity index (χ3n) is 5.50. The Bertz CT molecular complexity index is 1230. The number of anilines is 1. The largest absolute Gasteiger partial charge is 0.351 e. The molecular weight excluding hydrogens is 410 g/mol. The summed E-state index contributed by atoms with van der Waals surface area (Å²) in [7, 11) is 0. The van der Waals surface area contributed by atoms with Crippen LogP contribution in [0.15, 0.2) is 54.6 Å². The molecule has 2 aromatic carbocycles. The van der Waals surface area contributed by atoms with Crippen molar-refractivity contribution in [3.05, 3.63) is 75.9 Å². The van der Waals surface area contributed by atoms with Crippen LogP contribution < -0.4 is 5.32 Å². The molecule has 0 unspecified atom stereocenters. The predicted molar refractivity (Wildman–Crippen MR) is 120 cm³/mol. The Kier molecular flexibility index (Phi) is 4.99. The van der Waals surface area contributed by atoms with E-state index in [4.69, 9.17) is 0 Å². The molecule has 5 rings (SSSR count). The van der Waals surface area contributed by atoms with E-state index in [1.165, 1.54) is 11.3 Å². The monoisotopic (exact) mass is 431 g/mol. The number of carbonyl (C=O) groups excluding carboxylic acids is 2. The van der Waals surface area contributed by atoms with Crippen molar-refractivity contribution >= 4 is 39.7 Å². The van der Waals surface area contributed by atoms with E-state index in [9.17, 15) is 9.59 Å². The van der Waals surface area contributed by atoms with Crippen molar-refractivity contribution in [1.82, 2.24) is 20.1 Å². The number of amides is 2. The van der Waals surface area contributed by atoms with Crippen LogP contribution in [0, 0.1) is 6.92 Å². The zero-order chi connectivity index (χ0) is 21.4. The van der Waals surface area contributed by atoms with Crippen molar-refractivity contribution in [2.45, 2.75) is 25.8 Å². The van der Waals surface area contributed by atoms with Crippen molar-refractivity contribution in [1.29, 1.82) is 0 Å². The number of aromatic amines is 1. The Morgan fingerprint density at radius 3 is 2.74 bits per heavy atom. The number of hydrogen-bond donors (Lipinski definition) is 2. The Labute approximate surface area is 183 Å². The lowest BCUT2D eigenvalue weighted by molar-refractivity contribution is 0.0730. The summed E-state index contributed by atoms with van der Waals surface area (Å²) in [6.45, 7) is 2.65. The van der Waals surface area contributed by atoms with Gasteiger partial charge in [0, 0.05) is 23.1 Å². The number of aryl methyl sites for hydroxylation is 1. The molecule has 1 fully saturated rings. The normalized spacial score (nSPS) is 16.0. The third kappa shape index (κ3) is 3.82. The first-order valence-electron chi connectivity index (χ1n) is 10.2. The lowest BCUT2D eigenvalue weighted by atomic mass is 10.2. The Morgan fingerprint density at radius 2 is 1.94 bits per heavy atom. The van der Waals surface area contributed by atoms with Gasteiger partial charge in [0.05, 0.1) is 6.04 Å². The van der Waals surface area contributed by atoms with Gasteiger partial charge in [-0.15, -0.1) is 10.2 Å². The van der Waals surface area contributed by atoms with Gasteiger partial charge in [-0.05, 0) is 44.0 Å². The summed E-state index contributed by atoms with van der Waals surface area (Å²) >= 11 is 1.24. The van der Waals surface area contributed by atoms with Crippen molar-refractivity contribution < 1.29 is 9.59 Å². The van der Waals surface area contributed by atoms with Gasteiger partial charge in [-0.1, -0.05) is 47.2 Å². The van der Waals surface area contributed by atoms with E-state index in [0.717, 1.165) is 29.3 Å². The molecule has 0 radical (unpaired) electrons. The third-order valence-corrected chi connectivity index (χ3v) is 6.53. The minimum Gasteiger partial charge on any atom is -0.351 e. The number of hydrogen-bond acceptors (Lipinski definition) is 5. The molecule has 0 saturated carbocycles. The molecule has 31 heavy (non-hydrogen) atoms. The van der Waals surface area contributed by atoms with Gasteiger partial charge in [-0.3, -0.25) is 9.59 Å². The molecule has 1 saturated heterocycles. The molecule has 4 aromatic rings. The molecule has 1 aliphatic rings. The van der Waals surface area contributed by atoms with Crippen LogP contribution >= 0.6 is 11.3 Å². The van der Waals surface area contributed by atoms with Gasteiger partial charge in [0.25, 0.3) is 11.8 Å². The minimum atomic E-state index is -0.293. The summed E-state index contributed by atoms with van der Waals surface area (Å²) in [6, 6.07) is 17.1. The van der Waals surface area contributed by atoms with Crippen LogP contribution in [-0.2, 0) is 0 Å². The second kappa shape index (κ2) is 7.96. The molecular formula is C23H21N5O2S. The second-order valence-corrected chi connectivity index (χ2v) is 8.70. The number of nitrogens with one attached hydrogen (secondary N) is 2. The summed E-state index contributed by atoms with van der Waals surface area (Å²) < 4.78 is 0. The predicted octanol–water partition coefficient (Wildman–Crippen LogP) is 4.56. The topological polar surface area (TPSA) is 91.0 Å².